The summed E-state index contributed by atoms with van der Waals surface area (Å²) in [5, 5.41) is 1.88. The molecule has 1 aromatic rings. The molecule has 132 valence electrons. The van der Waals surface area contributed by atoms with Crippen LogP contribution in [0.25, 0.3) is 0 Å². The van der Waals surface area contributed by atoms with E-state index >= 15 is 0 Å². The van der Waals surface area contributed by atoms with Gasteiger partial charge in [-0.05, 0) is 37.1 Å². The maximum absolute atomic E-state index is 13.3. The number of hydrogen-bond donors (Lipinski definition) is 0. The second-order valence-electron chi connectivity index (χ2n) is 7.20. The summed E-state index contributed by atoms with van der Waals surface area (Å²) in [6.07, 6.45) is 5.63. The Bertz CT molecular complexity index is 696. The molecule has 3 aliphatic rings. The molecule has 2 heterocycles. The van der Waals surface area contributed by atoms with E-state index in [1.54, 1.807) is 15.6 Å². The monoisotopic (exact) mass is 368 g/mol. The average molecular weight is 369 g/mol. The molecule has 4 rings (SSSR count). The Labute approximate surface area is 147 Å². The number of piperazine rings is 1. The van der Waals surface area contributed by atoms with Gasteiger partial charge in [0, 0.05) is 31.1 Å². The lowest BCUT2D eigenvalue weighted by Gasteiger charge is -2.39. The zero-order chi connectivity index (χ0) is 16.8. The number of thiophene rings is 1. The molecule has 0 aromatic carbocycles. The maximum atomic E-state index is 13.3. The molecular weight excluding hydrogens is 344 g/mol. The predicted octanol–water partition coefficient (Wildman–Crippen LogP) is 2.20. The highest BCUT2D eigenvalue weighted by Gasteiger charge is 2.47. The second kappa shape index (κ2) is 6.11. The number of amides is 1. The van der Waals surface area contributed by atoms with Crippen LogP contribution >= 0.6 is 11.3 Å². The summed E-state index contributed by atoms with van der Waals surface area (Å²) in [4.78, 5) is 16.4. The Morgan fingerprint density at radius 2 is 1.79 bits per heavy atom. The van der Waals surface area contributed by atoms with Gasteiger partial charge in [-0.3, -0.25) is 4.79 Å². The molecule has 7 heteroatoms. The molecule has 24 heavy (non-hydrogen) atoms. The van der Waals surface area contributed by atoms with Crippen LogP contribution in [-0.2, 0) is 20.2 Å². The highest BCUT2D eigenvalue weighted by molar-refractivity contribution is 7.90. The Balaban J connectivity index is 1.48. The molecule has 0 unspecified atom stereocenters. The van der Waals surface area contributed by atoms with Crippen LogP contribution in [0.15, 0.2) is 17.5 Å². The molecule has 5 nitrogen and oxygen atoms in total. The van der Waals surface area contributed by atoms with E-state index in [1.165, 1.54) is 4.88 Å². The van der Waals surface area contributed by atoms with E-state index in [2.05, 4.69) is 6.07 Å². The molecule has 0 bridgehead atoms. The van der Waals surface area contributed by atoms with Gasteiger partial charge in [0.05, 0.1) is 10.7 Å². The van der Waals surface area contributed by atoms with E-state index in [-0.39, 0.29) is 16.6 Å². The van der Waals surface area contributed by atoms with Crippen LogP contribution in [-0.4, -0.2) is 55.0 Å². The van der Waals surface area contributed by atoms with E-state index < -0.39 is 10.0 Å². The first kappa shape index (κ1) is 16.5. The zero-order valence-electron chi connectivity index (χ0n) is 13.8. The van der Waals surface area contributed by atoms with Crippen molar-refractivity contribution in [3.63, 3.8) is 0 Å². The third-order valence-electron chi connectivity index (χ3n) is 5.69. The summed E-state index contributed by atoms with van der Waals surface area (Å²) in [5.41, 5.74) is -0.355. The second-order valence-corrected chi connectivity index (χ2v) is 10.4. The molecule has 0 spiro atoms. The zero-order valence-corrected chi connectivity index (χ0v) is 15.4. The minimum atomic E-state index is -3.12. The van der Waals surface area contributed by atoms with E-state index in [4.69, 9.17) is 0 Å². The molecule has 0 atom stereocenters. The smallest absolute Gasteiger partial charge is 0.234 e. The topological polar surface area (TPSA) is 57.7 Å². The molecule has 1 aliphatic heterocycles. The lowest BCUT2D eigenvalue weighted by Crippen LogP contribution is -2.55. The standard InChI is InChI=1S/C17H24N2O3S2/c20-16(17(7-1-2-8-17)15-4-3-13-23-15)18-9-11-19(12-10-18)24(21,22)14-5-6-14/h3-4,13-14H,1-2,5-12H2. The SMILES string of the molecule is O=C(N1CCN(S(=O)(=O)C2CC2)CC1)C1(c2cccs2)CCCC1. The summed E-state index contributed by atoms with van der Waals surface area (Å²) < 4.78 is 26.3. The van der Waals surface area contributed by atoms with Gasteiger partial charge < -0.3 is 4.90 Å². The number of hydrogen-bond acceptors (Lipinski definition) is 4. The van der Waals surface area contributed by atoms with Crippen LogP contribution in [0.5, 0.6) is 0 Å². The summed E-state index contributed by atoms with van der Waals surface area (Å²) in [5.74, 6) is 0.214. The molecule has 2 aliphatic carbocycles. The van der Waals surface area contributed by atoms with Crippen molar-refractivity contribution >= 4 is 27.3 Å². The quantitative estimate of drug-likeness (QED) is 0.819. The Morgan fingerprint density at radius 3 is 2.33 bits per heavy atom. The summed E-state index contributed by atoms with van der Waals surface area (Å²) >= 11 is 1.67. The number of carbonyl (C=O) groups is 1. The van der Waals surface area contributed by atoms with E-state index in [0.29, 0.717) is 26.2 Å². The van der Waals surface area contributed by atoms with Gasteiger partial charge in [0.15, 0.2) is 0 Å². The molecule has 1 amide bonds. The van der Waals surface area contributed by atoms with Gasteiger partial charge in [0.1, 0.15) is 0 Å². The third kappa shape index (κ3) is 2.70. The third-order valence-corrected chi connectivity index (χ3v) is 9.16. The average Bonchev–Trinajstić information content (AvgIpc) is 3.12. The van der Waals surface area contributed by atoms with Crippen molar-refractivity contribution in [1.82, 2.24) is 9.21 Å². The Morgan fingerprint density at radius 1 is 1.12 bits per heavy atom. The Kier molecular flexibility index (Phi) is 4.21. The molecule has 2 saturated carbocycles. The predicted molar refractivity (Wildman–Crippen MR) is 94.6 cm³/mol. The normalized spacial score (nSPS) is 25.1. The highest BCUT2D eigenvalue weighted by atomic mass is 32.2. The fourth-order valence-corrected chi connectivity index (χ4v) is 6.92. The number of nitrogens with zero attached hydrogens (tertiary/aromatic N) is 2. The Hall–Kier alpha value is -0.920. The van der Waals surface area contributed by atoms with Crippen molar-refractivity contribution < 1.29 is 13.2 Å². The van der Waals surface area contributed by atoms with Crippen LogP contribution in [0.3, 0.4) is 0 Å². The van der Waals surface area contributed by atoms with Crippen LogP contribution < -0.4 is 0 Å². The first-order valence-corrected chi connectivity index (χ1v) is 11.2. The van der Waals surface area contributed by atoms with Crippen molar-refractivity contribution in [3.05, 3.63) is 22.4 Å². The summed E-state index contributed by atoms with van der Waals surface area (Å²) in [6, 6.07) is 4.11. The van der Waals surface area contributed by atoms with Gasteiger partial charge >= 0.3 is 0 Å². The lowest BCUT2D eigenvalue weighted by atomic mass is 9.82. The van der Waals surface area contributed by atoms with Crippen molar-refractivity contribution in [2.24, 2.45) is 0 Å². The van der Waals surface area contributed by atoms with Crippen molar-refractivity contribution in [2.75, 3.05) is 26.2 Å². The molecule has 1 saturated heterocycles. The van der Waals surface area contributed by atoms with Gasteiger partial charge in [-0.2, -0.15) is 4.31 Å². The van der Waals surface area contributed by atoms with Gasteiger partial charge in [-0.15, -0.1) is 11.3 Å². The van der Waals surface area contributed by atoms with Crippen LogP contribution in [0.2, 0.25) is 0 Å². The summed E-state index contributed by atoms with van der Waals surface area (Å²) in [6.45, 7) is 1.95. The van der Waals surface area contributed by atoms with Gasteiger partial charge in [-0.1, -0.05) is 18.9 Å². The number of carbonyl (C=O) groups excluding carboxylic acids is 1. The van der Waals surface area contributed by atoms with Crippen LogP contribution in [0.4, 0.5) is 0 Å². The fraction of sp³-hybridized carbons (Fsp3) is 0.706. The van der Waals surface area contributed by atoms with E-state index in [9.17, 15) is 13.2 Å². The number of sulfonamides is 1. The molecular formula is C17H24N2O3S2. The first-order valence-electron chi connectivity index (χ1n) is 8.86. The minimum absolute atomic E-state index is 0.160. The fourth-order valence-electron chi connectivity index (χ4n) is 4.12. The first-order chi connectivity index (χ1) is 11.5. The lowest BCUT2D eigenvalue weighted by molar-refractivity contribution is -0.138. The van der Waals surface area contributed by atoms with Gasteiger partial charge in [-0.25, -0.2) is 8.42 Å². The molecule has 0 radical (unpaired) electrons. The van der Waals surface area contributed by atoms with Gasteiger partial charge in [0.2, 0.25) is 15.9 Å². The molecule has 0 N–H and O–H groups in total. The molecule has 1 aromatic heterocycles. The van der Waals surface area contributed by atoms with Crippen molar-refractivity contribution in [1.29, 1.82) is 0 Å². The number of rotatable bonds is 4. The van der Waals surface area contributed by atoms with Crippen LogP contribution in [0, 0.1) is 0 Å². The largest absolute Gasteiger partial charge is 0.339 e. The van der Waals surface area contributed by atoms with Crippen LogP contribution in [0.1, 0.15) is 43.4 Å². The van der Waals surface area contributed by atoms with Crippen molar-refractivity contribution in [3.8, 4) is 0 Å². The highest BCUT2D eigenvalue weighted by Crippen LogP contribution is 2.44. The van der Waals surface area contributed by atoms with E-state index in [0.717, 1.165) is 38.5 Å². The van der Waals surface area contributed by atoms with Crippen molar-refractivity contribution in [2.45, 2.75) is 49.2 Å². The molecule has 3 fully saturated rings. The minimum Gasteiger partial charge on any atom is -0.339 e. The van der Waals surface area contributed by atoms with Gasteiger partial charge in [0.25, 0.3) is 0 Å². The summed E-state index contributed by atoms with van der Waals surface area (Å²) in [7, 11) is -3.12. The van der Waals surface area contributed by atoms with E-state index in [1.807, 2.05) is 16.3 Å². The maximum Gasteiger partial charge on any atom is 0.234 e.